The molecule has 0 spiro atoms. The fourth-order valence-corrected chi connectivity index (χ4v) is 6.59. The van der Waals surface area contributed by atoms with Crippen LogP contribution in [-0.2, 0) is 38.4 Å². The Labute approximate surface area is 223 Å². The zero-order valence-corrected chi connectivity index (χ0v) is 21.6. The Bertz CT molecular complexity index is 1430. The maximum atomic E-state index is 13.9. The van der Waals surface area contributed by atoms with Crippen LogP contribution >= 0.6 is 0 Å². The van der Waals surface area contributed by atoms with Gasteiger partial charge in [-0.15, -0.1) is 0 Å². The lowest BCUT2D eigenvalue weighted by molar-refractivity contribution is -0.175. The highest BCUT2D eigenvalue weighted by atomic mass is 19.1. The van der Waals surface area contributed by atoms with Crippen LogP contribution in [-0.4, -0.2) is 58.9 Å². The number of nitrogens with zero attached hydrogens (tertiary/aromatic N) is 1. The van der Waals surface area contributed by atoms with E-state index in [9.17, 15) is 38.6 Å². The summed E-state index contributed by atoms with van der Waals surface area (Å²) in [4.78, 5) is 66.8. The number of amides is 1. The van der Waals surface area contributed by atoms with Gasteiger partial charge < -0.3 is 20.8 Å². The lowest BCUT2D eigenvalue weighted by atomic mass is 9.53. The number of anilines is 1. The van der Waals surface area contributed by atoms with Crippen LogP contribution in [0.5, 0.6) is 5.75 Å². The molecule has 5 rings (SSSR count). The molecule has 2 aromatic carbocycles. The molecule has 9 nitrogen and oxygen atoms in total. The summed E-state index contributed by atoms with van der Waals surface area (Å²) in [6.45, 7) is 0. The summed E-state index contributed by atoms with van der Waals surface area (Å²) >= 11 is 0. The number of primary amides is 1. The molecule has 0 saturated heterocycles. The molecule has 0 bridgehead atoms. The fraction of sp³-hybridized carbons (Fsp3) is 0.414. The van der Waals surface area contributed by atoms with Crippen molar-refractivity contribution in [3.8, 4) is 5.75 Å². The second kappa shape index (κ2) is 9.37. The van der Waals surface area contributed by atoms with E-state index in [4.69, 9.17) is 5.73 Å². The van der Waals surface area contributed by atoms with Crippen molar-refractivity contribution in [1.82, 2.24) is 0 Å². The highest BCUT2D eigenvalue weighted by Crippen LogP contribution is 2.51. The van der Waals surface area contributed by atoms with Gasteiger partial charge in [-0.3, -0.25) is 24.0 Å². The third kappa shape index (κ3) is 4.05. The molecule has 0 radical (unpaired) electrons. The van der Waals surface area contributed by atoms with Gasteiger partial charge >= 0.3 is 0 Å². The molecule has 2 saturated carbocycles. The number of aliphatic hydroxyl groups is 1. The van der Waals surface area contributed by atoms with Crippen LogP contribution in [0.3, 0.4) is 0 Å². The van der Waals surface area contributed by atoms with Crippen molar-refractivity contribution in [2.45, 2.75) is 37.7 Å². The molecule has 1 amide bonds. The Balaban J connectivity index is 1.55. The Kier molecular flexibility index (Phi) is 6.41. The highest BCUT2D eigenvalue weighted by Gasteiger charge is 2.66. The Morgan fingerprint density at radius 2 is 1.74 bits per heavy atom. The lowest BCUT2D eigenvalue weighted by Gasteiger charge is -2.48. The number of phenols is 1. The summed E-state index contributed by atoms with van der Waals surface area (Å²) in [5.74, 6) is -10.7. The summed E-state index contributed by atoms with van der Waals surface area (Å²) in [6.07, 6.45) is 0.664. The smallest absolute Gasteiger partial charge is 0.235 e. The van der Waals surface area contributed by atoms with Crippen molar-refractivity contribution in [2.24, 2.45) is 29.4 Å². The van der Waals surface area contributed by atoms with Gasteiger partial charge in [0.15, 0.2) is 34.7 Å². The molecule has 3 aliphatic carbocycles. The minimum Gasteiger partial charge on any atom is -0.507 e. The van der Waals surface area contributed by atoms with Crippen LogP contribution in [0, 0.1) is 29.5 Å². The van der Waals surface area contributed by atoms with Crippen LogP contribution in [0.25, 0.3) is 0 Å². The average Bonchev–Trinajstić information content (AvgIpc) is 2.86. The number of nitrogens with two attached hydrogens (primary N) is 1. The third-order valence-corrected chi connectivity index (χ3v) is 8.54. The first-order valence-corrected chi connectivity index (χ1v) is 12.8. The van der Waals surface area contributed by atoms with Crippen molar-refractivity contribution in [3.63, 3.8) is 0 Å². The van der Waals surface area contributed by atoms with Gasteiger partial charge in [0.25, 0.3) is 0 Å². The molecule has 0 heterocycles. The van der Waals surface area contributed by atoms with E-state index in [-0.39, 0.29) is 36.4 Å². The maximum absolute atomic E-state index is 13.9. The van der Waals surface area contributed by atoms with Gasteiger partial charge in [0.05, 0.1) is 11.5 Å². The normalized spacial score (nSPS) is 28.0. The Morgan fingerprint density at radius 1 is 1.08 bits per heavy atom. The number of benzene rings is 2. The number of fused-ring (bicyclic) bond motifs is 3. The van der Waals surface area contributed by atoms with E-state index in [2.05, 4.69) is 0 Å². The first-order valence-electron chi connectivity index (χ1n) is 12.8. The van der Waals surface area contributed by atoms with E-state index in [0.29, 0.717) is 29.7 Å². The van der Waals surface area contributed by atoms with E-state index in [1.54, 1.807) is 37.2 Å². The average molecular weight is 537 g/mol. The SMILES string of the molecule is CN(C)c1cc(CCc2ccc(F)cc2)c(O)c2c1C[C@H]1C[C@H]3CC(=O)C(C(N)=O)C(=O)[C@@]3(O)C(=O)C1C2=O. The maximum Gasteiger partial charge on any atom is 0.235 e. The zero-order valence-electron chi connectivity index (χ0n) is 21.6. The van der Waals surface area contributed by atoms with Gasteiger partial charge in [-0.05, 0) is 66.5 Å². The first kappa shape index (κ1) is 26.7. The predicted octanol–water partition coefficient (Wildman–Crippen LogP) is 1.32. The van der Waals surface area contributed by atoms with Crippen molar-refractivity contribution in [1.29, 1.82) is 0 Å². The number of phenolic OH excluding ortho intramolecular Hbond substituents is 1. The topological polar surface area (TPSA) is 155 Å². The number of carbonyl (C=O) groups is 5. The standard InChI is InChI=1S/C29H29FN2O7/c1-32(2)19-11-14(6-3-13-4-7-17(30)8-5-13)24(34)22-18(19)10-15-9-16-12-20(33)23(28(31)38)27(37)29(16,39)26(36)21(15)25(22)35/h4-5,7-8,11,15-16,21,23,34,39H,3,6,9-10,12H2,1-2H3,(H2,31,38)/t15-,16+,21?,23?,29+/m1/s1. The number of ketones is 4. The summed E-state index contributed by atoms with van der Waals surface area (Å²) in [5, 5.41) is 22.6. The van der Waals surface area contributed by atoms with E-state index in [1.807, 2.05) is 0 Å². The number of Topliss-reactive ketones (excluding diaryl/α,β-unsaturated/α-hetero) is 4. The number of hydrogen-bond acceptors (Lipinski definition) is 8. The molecule has 10 heteroatoms. The van der Waals surface area contributed by atoms with Gasteiger partial charge in [-0.25, -0.2) is 4.39 Å². The number of carbonyl (C=O) groups excluding carboxylic acids is 5. The molecule has 2 aromatic rings. The Morgan fingerprint density at radius 3 is 2.36 bits per heavy atom. The van der Waals surface area contributed by atoms with E-state index in [0.717, 1.165) is 5.56 Å². The number of aryl methyl sites for hydroxylation is 2. The van der Waals surface area contributed by atoms with Crippen molar-refractivity contribution in [3.05, 3.63) is 58.4 Å². The number of aromatic hydroxyl groups is 1. The summed E-state index contributed by atoms with van der Waals surface area (Å²) < 4.78 is 13.3. The molecule has 5 atom stereocenters. The van der Waals surface area contributed by atoms with Gasteiger partial charge in [0.1, 0.15) is 11.6 Å². The van der Waals surface area contributed by atoms with E-state index in [1.165, 1.54) is 12.1 Å². The second-order valence-corrected chi connectivity index (χ2v) is 11.0. The molecule has 0 aromatic heterocycles. The molecule has 39 heavy (non-hydrogen) atoms. The summed E-state index contributed by atoms with van der Waals surface area (Å²) in [7, 11) is 3.58. The highest BCUT2D eigenvalue weighted by molar-refractivity contribution is 6.31. The molecule has 3 aliphatic rings. The van der Waals surface area contributed by atoms with Gasteiger partial charge in [0.2, 0.25) is 5.91 Å². The van der Waals surface area contributed by atoms with Crippen molar-refractivity contribution in [2.75, 3.05) is 19.0 Å². The van der Waals surface area contributed by atoms with E-state index >= 15 is 0 Å². The molecule has 204 valence electrons. The number of rotatable bonds is 5. The van der Waals surface area contributed by atoms with Crippen LogP contribution in [0.15, 0.2) is 30.3 Å². The first-order chi connectivity index (χ1) is 18.4. The largest absolute Gasteiger partial charge is 0.507 e. The minimum atomic E-state index is -2.68. The van der Waals surface area contributed by atoms with Gasteiger partial charge in [-0.2, -0.15) is 0 Å². The fourth-order valence-electron chi connectivity index (χ4n) is 6.59. The molecular weight excluding hydrogens is 507 g/mol. The molecule has 4 N–H and O–H groups in total. The number of halogens is 1. The zero-order chi connectivity index (χ0) is 28.4. The summed E-state index contributed by atoms with van der Waals surface area (Å²) in [5.41, 5.74) is 5.04. The third-order valence-electron chi connectivity index (χ3n) is 8.54. The quantitative estimate of drug-likeness (QED) is 0.484. The second-order valence-electron chi connectivity index (χ2n) is 11.0. The molecule has 0 aliphatic heterocycles. The minimum absolute atomic E-state index is 0.0299. The van der Waals surface area contributed by atoms with Gasteiger partial charge in [0, 0.05) is 32.1 Å². The summed E-state index contributed by atoms with van der Waals surface area (Å²) in [6, 6.07) is 7.74. The van der Waals surface area contributed by atoms with Crippen LogP contribution in [0.4, 0.5) is 10.1 Å². The van der Waals surface area contributed by atoms with Crippen LogP contribution in [0.1, 0.15) is 39.9 Å². The number of hydrogen-bond donors (Lipinski definition) is 3. The van der Waals surface area contributed by atoms with E-state index < -0.39 is 58.3 Å². The lowest BCUT2D eigenvalue weighted by Crippen LogP contribution is -2.68. The monoisotopic (exact) mass is 536 g/mol. The molecular formula is C29H29FN2O7. The van der Waals surface area contributed by atoms with Crippen molar-refractivity contribution < 1.29 is 38.6 Å². The van der Waals surface area contributed by atoms with Crippen molar-refractivity contribution >= 4 is 34.7 Å². The predicted molar refractivity (Wildman–Crippen MR) is 137 cm³/mol. The Hall–Kier alpha value is -3.92. The molecule has 2 fully saturated rings. The molecule has 2 unspecified atom stereocenters. The van der Waals surface area contributed by atoms with Gasteiger partial charge in [-0.1, -0.05) is 12.1 Å². The van der Waals surface area contributed by atoms with Crippen LogP contribution in [0.2, 0.25) is 0 Å². The van der Waals surface area contributed by atoms with Crippen LogP contribution < -0.4 is 10.6 Å².